The van der Waals surface area contributed by atoms with Gasteiger partial charge in [0.15, 0.2) is 0 Å². The lowest BCUT2D eigenvalue weighted by Crippen LogP contribution is -2.55. The van der Waals surface area contributed by atoms with Crippen molar-refractivity contribution in [3.63, 3.8) is 0 Å². The number of thioether (sulfide) groups is 1. The minimum atomic E-state index is -1.59. The third-order valence-electron chi connectivity index (χ3n) is 10.2. The second kappa shape index (κ2) is 25.1. The standard InChI is InChI=1S/C42H57N5O13S/c1-2-59-41(53)47(42(54)60-26-32-30-11-5-3-9-28(30)29-10-4-6-12-31(29)32)35(25-38(50)51)45-37(49)15-17-55-19-21-57-23-24-58-22-20-56-18-16-43-36(48)14-8-7-13-34-39-33(27-61-34)44-40(52)46-39/h3-6,9-12,32-35,39H,2,7-8,13-27H2,1H3,(H,43,48)(H,45,49)(H,50,51)(H2,44,46,52). The normalized spacial score (nSPS) is 17.9. The number of urea groups is 1. The smallest absolute Gasteiger partial charge is 0.421 e. The number of nitrogens with zero attached hydrogens (tertiary/aromatic N) is 1. The van der Waals surface area contributed by atoms with Crippen LogP contribution in [0.4, 0.5) is 14.4 Å². The first-order valence-electron chi connectivity index (χ1n) is 20.7. The average Bonchev–Trinajstić information content (AvgIpc) is 3.90. The van der Waals surface area contributed by atoms with Gasteiger partial charge in [-0.1, -0.05) is 55.0 Å². The number of nitrogens with one attached hydrogen (secondary N) is 4. The molecule has 0 aromatic heterocycles. The quantitative estimate of drug-likeness (QED) is 0.0491. The Hall–Kier alpha value is -4.95. The van der Waals surface area contributed by atoms with Crippen LogP contribution >= 0.6 is 11.8 Å². The molecule has 5 rings (SSSR count). The number of ether oxygens (including phenoxy) is 6. The van der Waals surface area contributed by atoms with Crippen molar-refractivity contribution in [2.45, 2.75) is 74.9 Å². The summed E-state index contributed by atoms with van der Waals surface area (Å²) >= 11 is 1.87. The van der Waals surface area contributed by atoms with Crippen molar-refractivity contribution in [2.75, 3.05) is 78.4 Å². The molecule has 3 aliphatic rings. The molecular weight excluding hydrogens is 815 g/mol. The molecule has 19 heteroatoms. The molecule has 0 radical (unpaired) electrons. The molecule has 2 heterocycles. The number of fused-ring (bicyclic) bond motifs is 4. The molecule has 2 aromatic rings. The van der Waals surface area contributed by atoms with Gasteiger partial charge in [-0.25, -0.2) is 14.4 Å². The van der Waals surface area contributed by atoms with E-state index in [4.69, 9.17) is 28.4 Å². The number of benzene rings is 2. The topological polar surface area (TPSA) is 229 Å². The summed E-state index contributed by atoms with van der Waals surface area (Å²) in [6.45, 7) is 3.81. The summed E-state index contributed by atoms with van der Waals surface area (Å²) < 4.78 is 32.6. The second-order valence-electron chi connectivity index (χ2n) is 14.5. The van der Waals surface area contributed by atoms with E-state index in [1.54, 1.807) is 0 Å². The minimum absolute atomic E-state index is 0.00731. The van der Waals surface area contributed by atoms with Gasteiger partial charge in [0.25, 0.3) is 0 Å². The molecule has 61 heavy (non-hydrogen) atoms. The van der Waals surface area contributed by atoms with Crippen molar-refractivity contribution in [2.24, 2.45) is 0 Å². The number of hydrogen-bond donors (Lipinski definition) is 5. The SMILES string of the molecule is CCOC(=O)N(C(=O)OCC1c2ccccc2-c2ccccc21)C(CC(=O)O)NC(=O)CCOCCOCCOCCOCCNC(=O)CCCCC1SCC2NC(=O)NC21. The van der Waals surface area contributed by atoms with Gasteiger partial charge in [-0.3, -0.25) is 14.4 Å². The van der Waals surface area contributed by atoms with Gasteiger partial charge in [0.1, 0.15) is 12.8 Å². The number of carbonyl (C=O) groups is 6. The number of amides is 6. The zero-order valence-corrected chi connectivity index (χ0v) is 35.3. The van der Waals surface area contributed by atoms with E-state index in [0.29, 0.717) is 56.1 Å². The molecule has 4 unspecified atom stereocenters. The molecule has 0 bridgehead atoms. The van der Waals surface area contributed by atoms with Crippen LogP contribution in [-0.2, 0) is 42.8 Å². The highest BCUT2D eigenvalue weighted by Crippen LogP contribution is 2.44. The van der Waals surface area contributed by atoms with Gasteiger partial charge in [-0.05, 0) is 42.0 Å². The Morgan fingerprint density at radius 3 is 2.03 bits per heavy atom. The lowest BCUT2D eigenvalue weighted by molar-refractivity contribution is -0.138. The Bertz CT molecular complexity index is 1740. The van der Waals surface area contributed by atoms with Crippen LogP contribution in [0.5, 0.6) is 0 Å². The number of carboxylic acids is 1. The van der Waals surface area contributed by atoms with Crippen LogP contribution in [0.15, 0.2) is 48.5 Å². The summed E-state index contributed by atoms with van der Waals surface area (Å²) in [6.07, 6.45) is -1.73. The van der Waals surface area contributed by atoms with Crippen LogP contribution in [0.2, 0.25) is 0 Å². The van der Waals surface area contributed by atoms with E-state index in [1.165, 1.54) is 6.92 Å². The Labute approximate surface area is 359 Å². The lowest BCUT2D eigenvalue weighted by Gasteiger charge is -2.28. The summed E-state index contributed by atoms with van der Waals surface area (Å²) in [5.74, 6) is -1.42. The molecule has 2 fully saturated rings. The minimum Gasteiger partial charge on any atom is -0.481 e. The molecule has 334 valence electrons. The molecule has 6 amide bonds. The first kappa shape index (κ1) is 47.1. The van der Waals surface area contributed by atoms with E-state index in [2.05, 4.69) is 21.3 Å². The number of rotatable bonds is 27. The maximum Gasteiger partial charge on any atom is 0.421 e. The van der Waals surface area contributed by atoms with Crippen molar-refractivity contribution >= 4 is 47.8 Å². The molecule has 5 N–H and O–H groups in total. The lowest BCUT2D eigenvalue weighted by atomic mass is 9.98. The molecule has 2 aromatic carbocycles. The van der Waals surface area contributed by atoms with Gasteiger partial charge >= 0.3 is 24.2 Å². The van der Waals surface area contributed by atoms with Crippen LogP contribution in [0, 0.1) is 0 Å². The van der Waals surface area contributed by atoms with E-state index in [0.717, 1.165) is 47.3 Å². The Balaban J connectivity index is 0.884. The largest absolute Gasteiger partial charge is 0.481 e. The number of imide groups is 1. The third kappa shape index (κ3) is 14.6. The van der Waals surface area contributed by atoms with Gasteiger partial charge in [-0.2, -0.15) is 16.7 Å². The summed E-state index contributed by atoms with van der Waals surface area (Å²) in [5.41, 5.74) is 3.90. The molecular formula is C42H57N5O13S. The van der Waals surface area contributed by atoms with Gasteiger partial charge in [0, 0.05) is 29.9 Å². The predicted molar refractivity (Wildman–Crippen MR) is 223 cm³/mol. The number of aliphatic carboxylic acids is 1. The zero-order chi connectivity index (χ0) is 43.4. The van der Waals surface area contributed by atoms with Crippen LogP contribution < -0.4 is 21.3 Å². The average molecular weight is 872 g/mol. The third-order valence-corrected chi connectivity index (χ3v) is 11.8. The first-order chi connectivity index (χ1) is 29.7. The molecule has 18 nitrogen and oxygen atoms in total. The van der Waals surface area contributed by atoms with E-state index < -0.39 is 36.6 Å². The molecule has 0 saturated carbocycles. The van der Waals surface area contributed by atoms with Crippen molar-refractivity contribution in [1.82, 2.24) is 26.2 Å². The van der Waals surface area contributed by atoms with Gasteiger partial charge in [0.2, 0.25) is 11.8 Å². The Morgan fingerprint density at radius 1 is 0.787 bits per heavy atom. The summed E-state index contributed by atoms with van der Waals surface area (Å²) in [6, 6.07) is 15.8. The Morgan fingerprint density at radius 2 is 1.39 bits per heavy atom. The van der Waals surface area contributed by atoms with Crippen LogP contribution in [0.25, 0.3) is 11.1 Å². The molecule has 4 atom stereocenters. The molecule has 1 aliphatic carbocycles. The molecule has 2 aliphatic heterocycles. The number of carbonyl (C=O) groups excluding carboxylic acids is 5. The molecule has 2 saturated heterocycles. The fourth-order valence-corrected chi connectivity index (χ4v) is 8.91. The second-order valence-corrected chi connectivity index (χ2v) is 15.7. The van der Waals surface area contributed by atoms with E-state index in [-0.39, 0.29) is 69.4 Å². The number of hydrogen-bond acceptors (Lipinski definition) is 13. The van der Waals surface area contributed by atoms with Gasteiger partial charge < -0.3 is 54.8 Å². The van der Waals surface area contributed by atoms with E-state index in [9.17, 15) is 33.9 Å². The zero-order valence-electron chi connectivity index (χ0n) is 34.4. The van der Waals surface area contributed by atoms with Crippen LogP contribution in [0.3, 0.4) is 0 Å². The maximum absolute atomic E-state index is 13.4. The fraction of sp³-hybridized carbons (Fsp3) is 0.571. The van der Waals surface area contributed by atoms with E-state index >= 15 is 0 Å². The van der Waals surface area contributed by atoms with Gasteiger partial charge in [-0.15, -0.1) is 0 Å². The monoisotopic (exact) mass is 871 g/mol. The summed E-state index contributed by atoms with van der Waals surface area (Å²) in [7, 11) is 0. The fourth-order valence-electron chi connectivity index (χ4n) is 7.37. The van der Waals surface area contributed by atoms with Crippen molar-refractivity contribution in [3.05, 3.63) is 59.7 Å². The van der Waals surface area contributed by atoms with Crippen molar-refractivity contribution in [3.8, 4) is 11.1 Å². The summed E-state index contributed by atoms with van der Waals surface area (Å²) in [4.78, 5) is 75.1. The highest BCUT2D eigenvalue weighted by Gasteiger charge is 2.42. The predicted octanol–water partition coefficient (Wildman–Crippen LogP) is 3.61. The number of unbranched alkanes of at least 4 members (excludes halogenated alkanes) is 1. The number of carboxylic acid groups (broad SMARTS) is 1. The highest BCUT2D eigenvalue weighted by molar-refractivity contribution is 8.00. The first-order valence-corrected chi connectivity index (χ1v) is 21.8. The van der Waals surface area contributed by atoms with Crippen molar-refractivity contribution in [1.29, 1.82) is 0 Å². The maximum atomic E-state index is 13.4. The van der Waals surface area contributed by atoms with Crippen LogP contribution in [0.1, 0.15) is 62.5 Å². The van der Waals surface area contributed by atoms with E-state index in [1.807, 2.05) is 60.3 Å². The highest BCUT2D eigenvalue weighted by atomic mass is 32.2. The molecule has 0 spiro atoms. The van der Waals surface area contributed by atoms with Crippen LogP contribution in [-0.4, -0.2) is 148 Å². The Kier molecular flexibility index (Phi) is 19.4. The summed E-state index contributed by atoms with van der Waals surface area (Å²) in [5, 5.41) is 21.2. The van der Waals surface area contributed by atoms with Gasteiger partial charge in [0.05, 0.1) is 84.4 Å². The van der Waals surface area contributed by atoms with Crippen molar-refractivity contribution < 1.29 is 62.3 Å².